The van der Waals surface area contributed by atoms with Crippen molar-refractivity contribution in [1.82, 2.24) is 4.03 Å². The summed E-state index contributed by atoms with van der Waals surface area (Å²) in [6, 6.07) is 0. The third kappa shape index (κ3) is 6.40. The van der Waals surface area contributed by atoms with E-state index in [-0.39, 0.29) is 0 Å². The summed E-state index contributed by atoms with van der Waals surface area (Å²) < 4.78 is 1.51. The molecule has 0 fully saturated rings. The standard InChI is InChI=1S/C4H11BrN2/c1-4(2)3-7(5)6/h4H,3,6H2,1-2H3. The number of hydrazine groups is 1. The average Bonchev–Trinajstić information content (AvgIpc) is 1.27. The molecule has 44 valence electrons. The van der Waals surface area contributed by atoms with Gasteiger partial charge in [-0.05, 0) is 5.92 Å². The zero-order valence-electron chi connectivity index (χ0n) is 4.69. The third-order valence-corrected chi connectivity index (χ3v) is 0.829. The van der Waals surface area contributed by atoms with Gasteiger partial charge in [0.05, 0.1) is 0 Å². The van der Waals surface area contributed by atoms with Gasteiger partial charge in [-0.25, -0.2) is 0 Å². The molecule has 0 saturated carbocycles. The highest BCUT2D eigenvalue weighted by Crippen LogP contribution is 1.95. The summed E-state index contributed by atoms with van der Waals surface area (Å²) in [6.45, 7) is 5.11. The second-order valence-electron chi connectivity index (χ2n) is 1.98. The van der Waals surface area contributed by atoms with Gasteiger partial charge in [-0.3, -0.25) is 5.84 Å². The predicted octanol–water partition coefficient (Wildman–Crippen LogP) is 1.13. The second-order valence-corrected chi connectivity index (χ2v) is 2.89. The molecule has 2 nitrogen and oxygen atoms in total. The van der Waals surface area contributed by atoms with Crippen LogP contribution in [0.4, 0.5) is 0 Å². The van der Waals surface area contributed by atoms with Crippen LogP contribution in [0.25, 0.3) is 0 Å². The molecular formula is C4H11BrN2. The normalized spacial score (nSPS) is 11.1. The molecule has 0 aliphatic heterocycles. The summed E-state index contributed by atoms with van der Waals surface area (Å²) in [4.78, 5) is 0. The Bertz CT molecular complexity index is 39.0. The summed E-state index contributed by atoms with van der Waals surface area (Å²) in [7, 11) is 0. The molecule has 0 aromatic carbocycles. The van der Waals surface area contributed by atoms with Crippen LogP contribution in [0, 0.1) is 5.92 Å². The summed E-state index contributed by atoms with van der Waals surface area (Å²) in [5.41, 5.74) is 0. The van der Waals surface area contributed by atoms with Crippen molar-refractivity contribution in [3.8, 4) is 0 Å². The molecule has 0 spiro atoms. The fourth-order valence-electron chi connectivity index (χ4n) is 0.349. The maximum Gasteiger partial charge on any atom is 0.0283 e. The minimum Gasteiger partial charge on any atom is -0.259 e. The van der Waals surface area contributed by atoms with Crippen LogP contribution < -0.4 is 5.84 Å². The lowest BCUT2D eigenvalue weighted by Crippen LogP contribution is -2.23. The Morgan fingerprint density at radius 2 is 2.14 bits per heavy atom. The molecule has 0 radical (unpaired) electrons. The highest BCUT2D eigenvalue weighted by Gasteiger charge is 1.94. The Kier molecular flexibility index (Phi) is 3.60. The number of halogens is 1. The molecule has 2 N–H and O–H groups in total. The second kappa shape index (κ2) is 3.41. The summed E-state index contributed by atoms with van der Waals surface area (Å²) in [5.74, 6) is 5.87. The van der Waals surface area contributed by atoms with Crippen molar-refractivity contribution in [2.75, 3.05) is 6.54 Å². The van der Waals surface area contributed by atoms with Gasteiger partial charge in [0, 0.05) is 22.7 Å². The summed E-state index contributed by atoms with van der Waals surface area (Å²) >= 11 is 3.09. The van der Waals surface area contributed by atoms with Crippen molar-refractivity contribution in [1.29, 1.82) is 0 Å². The summed E-state index contributed by atoms with van der Waals surface area (Å²) in [6.07, 6.45) is 0. The smallest absolute Gasteiger partial charge is 0.0283 e. The van der Waals surface area contributed by atoms with Crippen LogP contribution in [0.2, 0.25) is 0 Å². The van der Waals surface area contributed by atoms with E-state index in [1.807, 2.05) is 0 Å². The molecule has 7 heavy (non-hydrogen) atoms. The van der Waals surface area contributed by atoms with E-state index in [0.29, 0.717) is 5.92 Å². The molecule has 0 saturated heterocycles. The molecular weight excluding hydrogens is 156 g/mol. The molecule has 0 atom stereocenters. The van der Waals surface area contributed by atoms with Gasteiger partial charge >= 0.3 is 0 Å². The monoisotopic (exact) mass is 166 g/mol. The molecule has 0 aromatic heterocycles. The van der Waals surface area contributed by atoms with Gasteiger partial charge in [0.25, 0.3) is 0 Å². The molecule has 0 unspecified atom stereocenters. The molecule has 0 aliphatic carbocycles. The lowest BCUT2D eigenvalue weighted by atomic mass is 10.2. The van der Waals surface area contributed by atoms with E-state index in [1.54, 1.807) is 0 Å². The van der Waals surface area contributed by atoms with E-state index in [0.717, 1.165) is 6.54 Å². The zero-order chi connectivity index (χ0) is 5.86. The molecule has 0 heterocycles. The number of hydrogen-bond acceptors (Lipinski definition) is 2. The van der Waals surface area contributed by atoms with Gasteiger partial charge in [-0.1, -0.05) is 13.8 Å². The van der Waals surface area contributed by atoms with Crippen LogP contribution in [0.1, 0.15) is 13.8 Å². The van der Waals surface area contributed by atoms with Gasteiger partial charge in [-0.15, -0.1) is 0 Å². The van der Waals surface area contributed by atoms with Crippen molar-refractivity contribution in [2.24, 2.45) is 11.8 Å². The summed E-state index contributed by atoms with van der Waals surface area (Å²) in [5, 5.41) is 0. The number of nitrogens with two attached hydrogens (primary N) is 1. The molecule has 0 aliphatic rings. The Morgan fingerprint density at radius 1 is 1.71 bits per heavy atom. The first-order valence-electron chi connectivity index (χ1n) is 2.31. The zero-order valence-corrected chi connectivity index (χ0v) is 6.27. The Hall–Kier alpha value is 0.400. The predicted molar refractivity (Wildman–Crippen MR) is 34.7 cm³/mol. The first kappa shape index (κ1) is 7.40. The quantitative estimate of drug-likeness (QED) is 0.379. The van der Waals surface area contributed by atoms with Crippen LogP contribution in [-0.2, 0) is 0 Å². The highest BCUT2D eigenvalue weighted by atomic mass is 79.9. The molecule has 3 heteroatoms. The fraction of sp³-hybridized carbons (Fsp3) is 1.00. The van der Waals surface area contributed by atoms with E-state index in [9.17, 15) is 0 Å². The molecule has 0 rings (SSSR count). The molecule has 0 amide bonds. The van der Waals surface area contributed by atoms with E-state index in [2.05, 4.69) is 30.0 Å². The van der Waals surface area contributed by atoms with E-state index in [4.69, 9.17) is 5.84 Å². The lowest BCUT2D eigenvalue weighted by Gasteiger charge is -2.07. The van der Waals surface area contributed by atoms with Crippen molar-refractivity contribution in [3.05, 3.63) is 0 Å². The SMILES string of the molecule is CC(C)CN(N)Br. The largest absolute Gasteiger partial charge is 0.259 e. The minimum absolute atomic E-state index is 0.629. The van der Waals surface area contributed by atoms with Gasteiger partial charge in [0.2, 0.25) is 0 Å². The Labute approximate surface area is 53.0 Å². The number of nitrogens with zero attached hydrogens (tertiary/aromatic N) is 1. The van der Waals surface area contributed by atoms with Crippen molar-refractivity contribution in [2.45, 2.75) is 13.8 Å². The van der Waals surface area contributed by atoms with Gasteiger partial charge in [-0.2, -0.15) is 4.03 Å². The van der Waals surface area contributed by atoms with Crippen molar-refractivity contribution in [3.63, 3.8) is 0 Å². The van der Waals surface area contributed by atoms with Crippen LogP contribution in [0.3, 0.4) is 0 Å². The van der Waals surface area contributed by atoms with Crippen molar-refractivity contribution >= 4 is 16.1 Å². The first-order chi connectivity index (χ1) is 3.13. The number of hydrogen-bond donors (Lipinski definition) is 1. The van der Waals surface area contributed by atoms with Crippen LogP contribution in [-0.4, -0.2) is 10.6 Å². The Balaban J connectivity index is 2.95. The van der Waals surface area contributed by atoms with Crippen LogP contribution in [0.15, 0.2) is 0 Å². The van der Waals surface area contributed by atoms with Gasteiger partial charge in [0.15, 0.2) is 0 Å². The number of rotatable bonds is 2. The topological polar surface area (TPSA) is 29.3 Å². The minimum atomic E-state index is 0.629. The fourth-order valence-corrected chi connectivity index (χ4v) is 0.928. The lowest BCUT2D eigenvalue weighted by molar-refractivity contribution is 0.435. The van der Waals surface area contributed by atoms with Gasteiger partial charge < -0.3 is 0 Å². The highest BCUT2D eigenvalue weighted by molar-refractivity contribution is 9.07. The maximum atomic E-state index is 5.24. The first-order valence-corrected chi connectivity index (χ1v) is 3.02. The molecule has 0 bridgehead atoms. The Morgan fingerprint density at radius 3 is 2.14 bits per heavy atom. The third-order valence-electron chi connectivity index (χ3n) is 0.540. The maximum absolute atomic E-state index is 5.24. The van der Waals surface area contributed by atoms with Crippen LogP contribution in [0.5, 0.6) is 0 Å². The molecule has 0 aromatic rings. The average molecular weight is 167 g/mol. The van der Waals surface area contributed by atoms with Crippen LogP contribution >= 0.6 is 16.1 Å². The van der Waals surface area contributed by atoms with E-state index >= 15 is 0 Å². The van der Waals surface area contributed by atoms with Gasteiger partial charge in [0.1, 0.15) is 0 Å². The van der Waals surface area contributed by atoms with Crippen molar-refractivity contribution < 1.29 is 0 Å². The van der Waals surface area contributed by atoms with E-state index < -0.39 is 0 Å². The van der Waals surface area contributed by atoms with E-state index in [1.165, 1.54) is 4.03 Å².